The Bertz CT molecular complexity index is 243. The van der Waals surface area contributed by atoms with Crippen molar-refractivity contribution < 1.29 is 18.2 Å². The van der Waals surface area contributed by atoms with Crippen molar-refractivity contribution in [3.8, 4) is 0 Å². The fraction of sp³-hybridized carbons (Fsp3) is 1.00. The first-order valence-corrected chi connectivity index (χ1v) is 7.77. The zero-order chi connectivity index (χ0) is 12.1. The summed E-state index contributed by atoms with van der Waals surface area (Å²) in [6.07, 6.45) is -3.56. The minimum atomic E-state index is -3.55. The molecule has 0 spiro atoms. The van der Waals surface area contributed by atoms with Crippen LogP contribution in [-0.2, 0) is 16.3 Å². The van der Waals surface area contributed by atoms with Crippen molar-refractivity contribution in [3.63, 3.8) is 0 Å². The quantitative estimate of drug-likeness (QED) is 0.554. The maximum atomic E-state index is 12.7. The van der Waals surface area contributed by atoms with E-state index in [1.165, 1.54) is 0 Å². The third kappa shape index (κ3) is 8.48. The summed E-state index contributed by atoms with van der Waals surface area (Å²) in [5.74, 6) is -1.01. The fourth-order valence-electron chi connectivity index (χ4n) is 0.773. The third-order valence-electron chi connectivity index (χ3n) is 1.38. The Kier molecular flexibility index (Phi) is 6.72. The highest BCUT2D eigenvalue weighted by Crippen LogP contribution is 2.47. The van der Waals surface area contributed by atoms with Crippen molar-refractivity contribution in [2.24, 2.45) is 0 Å². The van der Waals surface area contributed by atoms with Gasteiger partial charge in [0, 0.05) is 18.7 Å². The molecule has 0 amide bonds. The van der Waals surface area contributed by atoms with E-state index in [1.807, 2.05) is 13.8 Å². The van der Waals surface area contributed by atoms with Crippen LogP contribution >= 0.6 is 18.1 Å². The number of alkyl halides is 3. The Morgan fingerprint density at radius 1 is 1.60 bits per heavy atom. The van der Waals surface area contributed by atoms with Gasteiger partial charge in [-0.1, -0.05) is 13.8 Å². The molecule has 0 heterocycles. The summed E-state index contributed by atoms with van der Waals surface area (Å²) in [4.78, 5) is 9.42. The summed E-state index contributed by atoms with van der Waals surface area (Å²) in [6, 6.07) is 0.202. The predicted octanol–water partition coefficient (Wildman–Crippen LogP) is 2.13. The van der Waals surface area contributed by atoms with Crippen molar-refractivity contribution in [2.75, 3.05) is 18.6 Å². The van der Waals surface area contributed by atoms with Crippen LogP contribution in [0.1, 0.15) is 13.8 Å². The first kappa shape index (κ1) is 15.7. The van der Waals surface area contributed by atoms with Crippen LogP contribution in [-0.4, -0.2) is 35.6 Å². The molecule has 0 aromatic rings. The van der Waals surface area contributed by atoms with Gasteiger partial charge in [-0.15, -0.1) is 11.6 Å². The largest absolute Gasteiger partial charge is 0.374 e. The molecule has 2 N–H and O–H groups in total. The minimum absolute atomic E-state index is 0.00695. The van der Waals surface area contributed by atoms with Crippen LogP contribution in [0, 0.1) is 0 Å². The van der Waals surface area contributed by atoms with Gasteiger partial charge in [0.2, 0.25) is 0 Å². The smallest absolute Gasteiger partial charge is 0.345 e. The van der Waals surface area contributed by atoms with E-state index in [2.05, 4.69) is 21.6 Å². The van der Waals surface area contributed by atoms with Gasteiger partial charge in [0.1, 0.15) is 5.88 Å². The maximum absolute atomic E-state index is 12.7. The first-order valence-electron chi connectivity index (χ1n) is 4.38. The van der Waals surface area contributed by atoms with Crippen molar-refractivity contribution >= 4 is 29.9 Å². The predicted molar refractivity (Wildman–Crippen MR) is 61.3 cm³/mol. The van der Waals surface area contributed by atoms with Crippen molar-refractivity contribution in [1.82, 2.24) is 5.32 Å². The monoisotopic (exact) mass is 281 g/mol. The fourth-order valence-corrected chi connectivity index (χ4v) is 2.49. The molecule has 1 unspecified atom stereocenters. The summed E-state index contributed by atoms with van der Waals surface area (Å²) in [5.41, 5.74) is 0. The maximum Gasteiger partial charge on any atom is 0.374 e. The van der Waals surface area contributed by atoms with Crippen LogP contribution in [0.25, 0.3) is 0 Å². The standard InChI is InChI=1S/C7H15ClF2NO2PS/c1-6(2)11-3-4-14(12,15)13-7(9,10)5-8/h6,11H,3-5H2,1-2H3,(H,12,15). The Morgan fingerprint density at radius 2 is 2.13 bits per heavy atom. The van der Waals surface area contributed by atoms with Crippen LogP contribution in [0.4, 0.5) is 8.78 Å². The molecule has 0 aliphatic heterocycles. The van der Waals surface area contributed by atoms with E-state index in [4.69, 9.17) is 11.6 Å². The molecule has 0 rings (SSSR count). The summed E-state index contributed by atoms with van der Waals surface area (Å²) in [6.45, 7) is 0.683. The van der Waals surface area contributed by atoms with Crippen molar-refractivity contribution in [3.05, 3.63) is 0 Å². The number of hydrogen-bond acceptors (Lipinski definition) is 3. The van der Waals surface area contributed by atoms with Gasteiger partial charge in [-0.2, -0.15) is 8.78 Å². The molecule has 0 aliphatic carbocycles. The molecule has 92 valence electrons. The second-order valence-corrected chi connectivity index (χ2v) is 7.22. The lowest BCUT2D eigenvalue weighted by molar-refractivity contribution is -0.155. The lowest BCUT2D eigenvalue weighted by Crippen LogP contribution is -2.28. The van der Waals surface area contributed by atoms with Crippen LogP contribution in [0.2, 0.25) is 0 Å². The third-order valence-corrected chi connectivity index (χ3v) is 3.80. The second-order valence-electron chi connectivity index (χ2n) is 3.33. The molecule has 0 aromatic carbocycles. The van der Waals surface area contributed by atoms with E-state index < -0.39 is 18.5 Å². The Labute approximate surface area is 98.3 Å². The summed E-state index contributed by atoms with van der Waals surface area (Å²) in [5, 5.41) is 2.95. The van der Waals surface area contributed by atoms with Gasteiger partial charge in [-0.3, -0.25) is 4.52 Å². The van der Waals surface area contributed by atoms with Gasteiger partial charge in [0.15, 0.2) is 6.49 Å². The molecule has 0 saturated heterocycles. The zero-order valence-electron chi connectivity index (χ0n) is 8.54. The molecule has 0 aromatic heterocycles. The van der Waals surface area contributed by atoms with E-state index in [9.17, 15) is 13.7 Å². The van der Waals surface area contributed by atoms with E-state index in [-0.39, 0.29) is 12.2 Å². The molecule has 3 nitrogen and oxygen atoms in total. The summed E-state index contributed by atoms with van der Waals surface area (Å²) >= 11 is 9.53. The molecular weight excluding hydrogens is 267 g/mol. The highest BCUT2D eigenvalue weighted by Gasteiger charge is 2.35. The summed E-state index contributed by atoms with van der Waals surface area (Å²) in [7, 11) is 0. The number of nitrogens with one attached hydrogen (secondary N) is 1. The molecule has 0 radical (unpaired) electrons. The van der Waals surface area contributed by atoms with Gasteiger partial charge in [-0.05, 0) is 11.8 Å². The van der Waals surface area contributed by atoms with Gasteiger partial charge in [0.25, 0.3) is 0 Å². The Balaban J connectivity index is 4.03. The average Bonchev–Trinajstić information content (AvgIpc) is 2.01. The average molecular weight is 282 g/mol. The SMILES string of the molecule is CC(C)NCCP(O)(=S)OC(F)(F)CCl. The lowest BCUT2D eigenvalue weighted by Gasteiger charge is -2.21. The minimum Gasteiger partial charge on any atom is -0.345 e. The number of halogens is 3. The molecule has 0 bridgehead atoms. The summed E-state index contributed by atoms with van der Waals surface area (Å²) < 4.78 is 29.5. The first-order chi connectivity index (χ1) is 6.68. The number of hydrogen-bond donors (Lipinski definition) is 2. The van der Waals surface area contributed by atoms with Crippen molar-refractivity contribution in [1.29, 1.82) is 0 Å². The molecule has 1 atom stereocenters. The molecule has 0 saturated carbocycles. The highest BCUT2D eigenvalue weighted by molar-refractivity contribution is 8.09. The topological polar surface area (TPSA) is 41.5 Å². The Hall–Kier alpha value is 0.680. The van der Waals surface area contributed by atoms with Crippen LogP contribution in [0.5, 0.6) is 0 Å². The molecule has 0 aliphatic rings. The van der Waals surface area contributed by atoms with Crippen LogP contribution < -0.4 is 5.32 Å². The van der Waals surface area contributed by atoms with Gasteiger partial charge >= 0.3 is 6.11 Å². The highest BCUT2D eigenvalue weighted by atomic mass is 35.5. The number of rotatable bonds is 7. The van der Waals surface area contributed by atoms with E-state index in [0.29, 0.717) is 6.54 Å². The molecule has 8 heteroatoms. The van der Waals surface area contributed by atoms with E-state index >= 15 is 0 Å². The van der Waals surface area contributed by atoms with E-state index in [0.717, 1.165) is 0 Å². The van der Waals surface area contributed by atoms with Gasteiger partial charge in [-0.25, -0.2) is 0 Å². The zero-order valence-corrected chi connectivity index (χ0v) is 11.0. The van der Waals surface area contributed by atoms with Gasteiger partial charge < -0.3 is 10.2 Å². The van der Waals surface area contributed by atoms with Crippen molar-refractivity contribution in [2.45, 2.75) is 26.0 Å². The molecule has 15 heavy (non-hydrogen) atoms. The molecular formula is C7H15ClF2NO2PS. The Morgan fingerprint density at radius 3 is 2.53 bits per heavy atom. The second kappa shape index (κ2) is 6.42. The van der Waals surface area contributed by atoms with Crippen LogP contribution in [0.15, 0.2) is 0 Å². The van der Waals surface area contributed by atoms with E-state index in [1.54, 1.807) is 0 Å². The van der Waals surface area contributed by atoms with Crippen LogP contribution in [0.3, 0.4) is 0 Å². The molecule has 0 fully saturated rings. The lowest BCUT2D eigenvalue weighted by atomic mass is 10.4. The normalized spacial score (nSPS) is 16.7. The van der Waals surface area contributed by atoms with Gasteiger partial charge in [0.05, 0.1) is 0 Å².